The average molecular weight is 455 g/mol. The monoisotopic (exact) mass is 454 g/mol. The van der Waals surface area contributed by atoms with Crippen molar-refractivity contribution < 1.29 is 9.13 Å². The molecular formula is C27H23FN4O2. The van der Waals surface area contributed by atoms with Gasteiger partial charge in [-0.1, -0.05) is 42.5 Å². The van der Waals surface area contributed by atoms with Crippen LogP contribution in [0.5, 0.6) is 5.75 Å². The van der Waals surface area contributed by atoms with Gasteiger partial charge in [-0.15, -0.1) is 0 Å². The molecule has 0 saturated heterocycles. The normalized spacial score (nSPS) is 11.1. The average Bonchev–Trinajstić information content (AvgIpc) is 3.23. The van der Waals surface area contributed by atoms with E-state index in [1.807, 2.05) is 66.7 Å². The molecule has 0 saturated carbocycles. The van der Waals surface area contributed by atoms with Gasteiger partial charge in [0.1, 0.15) is 22.9 Å². The molecule has 34 heavy (non-hydrogen) atoms. The zero-order valence-electron chi connectivity index (χ0n) is 18.6. The van der Waals surface area contributed by atoms with Crippen LogP contribution in [0.4, 0.5) is 4.39 Å². The van der Waals surface area contributed by atoms with Crippen molar-refractivity contribution in [3.63, 3.8) is 0 Å². The zero-order chi connectivity index (χ0) is 23.5. The molecule has 0 radical (unpaired) electrons. The van der Waals surface area contributed by atoms with Crippen LogP contribution in [0.1, 0.15) is 11.1 Å². The molecule has 2 aromatic heterocycles. The molecular weight excluding hydrogens is 431 g/mol. The number of H-pyrrole nitrogens is 1. The van der Waals surface area contributed by atoms with E-state index in [-0.39, 0.29) is 11.4 Å². The molecule has 3 aromatic carbocycles. The second-order valence-electron chi connectivity index (χ2n) is 7.94. The van der Waals surface area contributed by atoms with Crippen molar-refractivity contribution in [3.8, 4) is 22.7 Å². The standard InChI is InChI=1S/C27H23FN4O2/c1-34-23-12-10-18(11-13-23)16-29-17-20-15-24-25(19-6-5-7-21(28)14-19)31-32(26(24)30-27(20)33)22-8-3-2-4-9-22/h2-15,29H,16-17H2,1H3,(H,30,33). The highest BCUT2D eigenvalue weighted by Crippen LogP contribution is 2.29. The minimum absolute atomic E-state index is 0.197. The third-order valence-corrected chi connectivity index (χ3v) is 5.67. The molecule has 0 unspecified atom stereocenters. The fourth-order valence-corrected chi connectivity index (χ4v) is 3.94. The van der Waals surface area contributed by atoms with Crippen LogP contribution in [0.2, 0.25) is 0 Å². The number of fused-ring (bicyclic) bond motifs is 1. The second kappa shape index (κ2) is 9.33. The SMILES string of the molecule is COc1ccc(CNCc2cc3c(-c4cccc(F)c4)nn(-c4ccccc4)c3[nH]c2=O)cc1. The number of pyridine rings is 1. The minimum atomic E-state index is -0.342. The molecule has 0 bridgehead atoms. The van der Waals surface area contributed by atoms with Gasteiger partial charge in [-0.3, -0.25) is 4.79 Å². The Bertz CT molecular complexity index is 1490. The lowest BCUT2D eigenvalue weighted by Crippen LogP contribution is -2.21. The molecule has 0 aliphatic heterocycles. The van der Waals surface area contributed by atoms with Gasteiger partial charge in [0, 0.05) is 29.6 Å². The second-order valence-corrected chi connectivity index (χ2v) is 7.94. The lowest BCUT2D eigenvalue weighted by molar-refractivity contribution is 0.414. The van der Waals surface area contributed by atoms with Crippen LogP contribution < -0.4 is 15.6 Å². The van der Waals surface area contributed by atoms with Crippen molar-refractivity contribution in [1.82, 2.24) is 20.1 Å². The van der Waals surface area contributed by atoms with Gasteiger partial charge >= 0.3 is 0 Å². The van der Waals surface area contributed by atoms with Crippen molar-refractivity contribution in [2.24, 2.45) is 0 Å². The van der Waals surface area contributed by atoms with Gasteiger partial charge in [0.05, 0.1) is 12.8 Å². The lowest BCUT2D eigenvalue weighted by Gasteiger charge is -2.07. The van der Waals surface area contributed by atoms with E-state index in [2.05, 4.69) is 10.3 Å². The molecule has 0 spiro atoms. The minimum Gasteiger partial charge on any atom is -0.497 e. The molecule has 0 amide bonds. The van der Waals surface area contributed by atoms with Gasteiger partial charge < -0.3 is 15.0 Å². The summed E-state index contributed by atoms with van der Waals surface area (Å²) in [5.41, 5.74) is 4.07. The van der Waals surface area contributed by atoms with E-state index in [1.165, 1.54) is 12.1 Å². The van der Waals surface area contributed by atoms with Crippen LogP contribution in [0.3, 0.4) is 0 Å². The van der Waals surface area contributed by atoms with Crippen LogP contribution in [0.25, 0.3) is 28.0 Å². The summed E-state index contributed by atoms with van der Waals surface area (Å²) in [5.74, 6) is 0.455. The summed E-state index contributed by atoms with van der Waals surface area (Å²) >= 11 is 0. The number of halogens is 1. The summed E-state index contributed by atoms with van der Waals surface area (Å²) in [4.78, 5) is 15.9. The van der Waals surface area contributed by atoms with Crippen molar-refractivity contribution in [2.45, 2.75) is 13.1 Å². The number of aromatic amines is 1. The summed E-state index contributed by atoms with van der Waals surface area (Å²) in [6.07, 6.45) is 0. The Morgan fingerprint density at radius 1 is 0.971 bits per heavy atom. The third-order valence-electron chi connectivity index (χ3n) is 5.67. The highest BCUT2D eigenvalue weighted by molar-refractivity contribution is 5.92. The van der Waals surface area contributed by atoms with E-state index >= 15 is 0 Å². The first-order chi connectivity index (χ1) is 16.6. The van der Waals surface area contributed by atoms with E-state index in [4.69, 9.17) is 9.84 Å². The third kappa shape index (κ3) is 4.33. The molecule has 0 aliphatic rings. The maximum Gasteiger partial charge on any atom is 0.254 e. The number of methoxy groups -OCH3 is 1. The van der Waals surface area contributed by atoms with Crippen molar-refractivity contribution in [2.75, 3.05) is 7.11 Å². The fourth-order valence-electron chi connectivity index (χ4n) is 3.94. The van der Waals surface area contributed by atoms with Crippen molar-refractivity contribution in [3.05, 3.63) is 112 Å². The number of para-hydroxylation sites is 1. The molecule has 0 aliphatic carbocycles. The van der Waals surface area contributed by atoms with Gasteiger partial charge in [-0.2, -0.15) is 5.10 Å². The molecule has 0 atom stereocenters. The molecule has 5 aromatic rings. The highest BCUT2D eigenvalue weighted by atomic mass is 19.1. The fraction of sp³-hybridized carbons (Fsp3) is 0.111. The van der Waals surface area contributed by atoms with E-state index in [1.54, 1.807) is 17.9 Å². The van der Waals surface area contributed by atoms with Crippen LogP contribution >= 0.6 is 0 Å². The highest BCUT2D eigenvalue weighted by Gasteiger charge is 2.17. The van der Waals surface area contributed by atoms with Gasteiger partial charge in [-0.25, -0.2) is 9.07 Å². The number of hydrogen-bond donors (Lipinski definition) is 2. The number of nitrogens with one attached hydrogen (secondary N) is 2. The van der Waals surface area contributed by atoms with Crippen LogP contribution in [0.15, 0.2) is 89.7 Å². The first kappa shape index (κ1) is 21.6. The molecule has 6 nitrogen and oxygen atoms in total. The zero-order valence-corrected chi connectivity index (χ0v) is 18.6. The Labute approximate surface area is 195 Å². The number of benzene rings is 3. The topological polar surface area (TPSA) is 71.9 Å². The van der Waals surface area contributed by atoms with Crippen molar-refractivity contribution in [1.29, 1.82) is 0 Å². The van der Waals surface area contributed by atoms with Gasteiger partial charge in [-0.05, 0) is 48.0 Å². The largest absolute Gasteiger partial charge is 0.497 e. The summed E-state index contributed by atoms with van der Waals surface area (Å²) in [5, 5.41) is 8.81. The molecule has 2 heterocycles. The number of rotatable bonds is 7. The number of hydrogen-bond acceptors (Lipinski definition) is 4. The number of aromatic nitrogens is 3. The van der Waals surface area contributed by atoms with Crippen LogP contribution in [-0.4, -0.2) is 21.9 Å². The van der Waals surface area contributed by atoms with E-state index in [0.717, 1.165) is 22.4 Å². The Balaban J connectivity index is 1.52. The first-order valence-corrected chi connectivity index (χ1v) is 10.9. The summed E-state index contributed by atoms with van der Waals surface area (Å²) in [7, 11) is 1.63. The van der Waals surface area contributed by atoms with E-state index < -0.39 is 0 Å². The van der Waals surface area contributed by atoms with E-state index in [0.29, 0.717) is 35.6 Å². The van der Waals surface area contributed by atoms with Crippen LogP contribution in [0, 0.1) is 5.82 Å². The Hall–Kier alpha value is -4.23. The molecule has 5 rings (SSSR count). The lowest BCUT2D eigenvalue weighted by atomic mass is 10.1. The number of nitrogens with zero attached hydrogens (tertiary/aromatic N) is 2. The predicted octanol–water partition coefficient (Wildman–Crippen LogP) is 4.82. The summed E-state index contributed by atoms with van der Waals surface area (Å²) < 4.78 is 20.9. The van der Waals surface area contributed by atoms with Crippen molar-refractivity contribution >= 4 is 11.0 Å². The van der Waals surface area contributed by atoms with E-state index in [9.17, 15) is 9.18 Å². The maximum atomic E-state index is 14.0. The Morgan fingerprint density at radius 2 is 1.76 bits per heavy atom. The number of ether oxygens (including phenoxy) is 1. The predicted molar refractivity (Wildman–Crippen MR) is 131 cm³/mol. The summed E-state index contributed by atoms with van der Waals surface area (Å²) in [6, 6.07) is 25.4. The van der Waals surface area contributed by atoms with Crippen LogP contribution in [-0.2, 0) is 13.1 Å². The quantitative estimate of drug-likeness (QED) is 0.370. The molecule has 170 valence electrons. The Kier molecular flexibility index (Phi) is 5.93. The summed E-state index contributed by atoms with van der Waals surface area (Å²) in [6.45, 7) is 0.970. The van der Waals surface area contributed by atoms with Gasteiger partial charge in [0.15, 0.2) is 0 Å². The first-order valence-electron chi connectivity index (χ1n) is 10.9. The van der Waals surface area contributed by atoms with Gasteiger partial charge in [0.2, 0.25) is 0 Å². The molecule has 7 heteroatoms. The smallest absolute Gasteiger partial charge is 0.254 e. The maximum absolute atomic E-state index is 14.0. The molecule has 2 N–H and O–H groups in total. The molecule has 0 fully saturated rings. The Morgan fingerprint density at radius 3 is 2.50 bits per heavy atom. The van der Waals surface area contributed by atoms with Gasteiger partial charge in [0.25, 0.3) is 5.56 Å².